The SMILES string of the molecule is COc1cc(N)ccc1NC(=O)CCSC(C)C(C)C. The first-order valence-corrected chi connectivity index (χ1v) is 7.84. The van der Waals surface area contributed by atoms with E-state index in [4.69, 9.17) is 10.5 Å². The molecule has 0 aromatic heterocycles. The van der Waals surface area contributed by atoms with Crippen LogP contribution in [0.4, 0.5) is 11.4 Å². The van der Waals surface area contributed by atoms with E-state index in [0.29, 0.717) is 34.7 Å². The topological polar surface area (TPSA) is 64.3 Å². The van der Waals surface area contributed by atoms with Crippen molar-refractivity contribution < 1.29 is 9.53 Å². The van der Waals surface area contributed by atoms with Crippen LogP contribution in [0.5, 0.6) is 5.75 Å². The summed E-state index contributed by atoms with van der Waals surface area (Å²) in [5.74, 6) is 2.03. The van der Waals surface area contributed by atoms with Gasteiger partial charge in [-0.25, -0.2) is 0 Å². The monoisotopic (exact) mass is 296 g/mol. The van der Waals surface area contributed by atoms with Crippen molar-refractivity contribution in [2.45, 2.75) is 32.4 Å². The average Bonchev–Trinajstić information content (AvgIpc) is 2.40. The van der Waals surface area contributed by atoms with Crippen LogP contribution in [0.1, 0.15) is 27.2 Å². The first-order chi connectivity index (χ1) is 9.43. The number of thioether (sulfide) groups is 1. The fourth-order valence-corrected chi connectivity index (χ4v) is 2.61. The largest absolute Gasteiger partial charge is 0.494 e. The minimum atomic E-state index is -0.00322. The van der Waals surface area contributed by atoms with Gasteiger partial charge >= 0.3 is 0 Å². The molecule has 112 valence electrons. The number of amides is 1. The number of ether oxygens (including phenoxy) is 1. The van der Waals surface area contributed by atoms with Gasteiger partial charge in [-0.2, -0.15) is 11.8 Å². The van der Waals surface area contributed by atoms with Crippen LogP contribution in [0.2, 0.25) is 0 Å². The van der Waals surface area contributed by atoms with Crippen molar-refractivity contribution in [2.24, 2.45) is 5.92 Å². The first-order valence-electron chi connectivity index (χ1n) is 6.79. The zero-order valence-corrected chi connectivity index (χ0v) is 13.4. The highest BCUT2D eigenvalue weighted by molar-refractivity contribution is 7.99. The number of methoxy groups -OCH3 is 1. The number of hydrogen-bond acceptors (Lipinski definition) is 4. The van der Waals surface area contributed by atoms with Gasteiger partial charge in [-0.3, -0.25) is 4.79 Å². The Kier molecular flexibility index (Phi) is 6.71. The molecule has 1 aromatic rings. The van der Waals surface area contributed by atoms with Gasteiger partial charge in [0.25, 0.3) is 0 Å². The molecule has 0 heterocycles. The lowest BCUT2D eigenvalue weighted by atomic mass is 10.2. The van der Waals surface area contributed by atoms with Crippen LogP contribution in [0.3, 0.4) is 0 Å². The Balaban J connectivity index is 2.46. The molecule has 1 unspecified atom stereocenters. The van der Waals surface area contributed by atoms with E-state index in [-0.39, 0.29) is 5.91 Å². The highest BCUT2D eigenvalue weighted by atomic mass is 32.2. The Morgan fingerprint density at radius 3 is 2.70 bits per heavy atom. The molecule has 0 saturated heterocycles. The van der Waals surface area contributed by atoms with Crippen LogP contribution < -0.4 is 15.8 Å². The molecule has 0 aliphatic heterocycles. The van der Waals surface area contributed by atoms with E-state index in [9.17, 15) is 4.79 Å². The number of nitrogens with two attached hydrogens (primary N) is 1. The zero-order valence-electron chi connectivity index (χ0n) is 12.6. The number of carbonyl (C=O) groups is 1. The third-order valence-corrected chi connectivity index (χ3v) is 4.66. The number of hydrogen-bond donors (Lipinski definition) is 2. The molecule has 0 saturated carbocycles. The Bertz CT molecular complexity index is 449. The van der Waals surface area contributed by atoms with Crippen molar-refractivity contribution in [3.8, 4) is 5.75 Å². The Morgan fingerprint density at radius 1 is 1.40 bits per heavy atom. The highest BCUT2D eigenvalue weighted by Gasteiger charge is 2.10. The minimum absolute atomic E-state index is 0.00322. The molecule has 1 amide bonds. The van der Waals surface area contributed by atoms with E-state index < -0.39 is 0 Å². The van der Waals surface area contributed by atoms with Gasteiger partial charge in [0.05, 0.1) is 12.8 Å². The maximum atomic E-state index is 11.9. The molecule has 0 bridgehead atoms. The predicted molar refractivity (Wildman–Crippen MR) is 87.4 cm³/mol. The fourth-order valence-electron chi connectivity index (χ4n) is 1.55. The second-order valence-electron chi connectivity index (χ2n) is 5.08. The number of nitrogens with one attached hydrogen (secondary N) is 1. The highest BCUT2D eigenvalue weighted by Crippen LogP contribution is 2.27. The van der Waals surface area contributed by atoms with Crippen molar-refractivity contribution in [3.63, 3.8) is 0 Å². The van der Waals surface area contributed by atoms with Crippen LogP contribution in [-0.4, -0.2) is 24.0 Å². The number of nitrogen functional groups attached to an aromatic ring is 1. The normalized spacial score (nSPS) is 12.2. The van der Waals surface area contributed by atoms with Gasteiger partial charge < -0.3 is 15.8 Å². The number of carbonyl (C=O) groups excluding carboxylic acids is 1. The van der Waals surface area contributed by atoms with Crippen molar-refractivity contribution in [2.75, 3.05) is 23.9 Å². The van der Waals surface area contributed by atoms with Crippen LogP contribution in [0, 0.1) is 5.92 Å². The molecule has 0 fully saturated rings. The van der Waals surface area contributed by atoms with Crippen LogP contribution in [0.15, 0.2) is 18.2 Å². The fraction of sp³-hybridized carbons (Fsp3) is 0.533. The summed E-state index contributed by atoms with van der Waals surface area (Å²) in [6.45, 7) is 6.57. The average molecular weight is 296 g/mol. The Labute approximate surface area is 125 Å². The quantitative estimate of drug-likeness (QED) is 0.757. The van der Waals surface area contributed by atoms with Crippen LogP contribution in [0.25, 0.3) is 0 Å². The van der Waals surface area contributed by atoms with E-state index >= 15 is 0 Å². The van der Waals surface area contributed by atoms with Gasteiger partial charge in [0.1, 0.15) is 5.75 Å². The van der Waals surface area contributed by atoms with Gasteiger partial charge in [-0.15, -0.1) is 0 Å². The van der Waals surface area contributed by atoms with Gasteiger partial charge in [0.2, 0.25) is 5.91 Å². The zero-order chi connectivity index (χ0) is 15.1. The molecule has 1 rings (SSSR count). The van der Waals surface area contributed by atoms with E-state index in [1.165, 1.54) is 0 Å². The van der Waals surface area contributed by atoms with Crippen molar-refractivity contribution in [1.29, 1.82) is 0 Å². The standard InChI is InChI=1S/C15H24N2O2S/c1-10(2)11(3)20-8-7-15(18)17-13-6-5-12(16)9-14(13)19-4/h5-6,9-11H,7-8,16H2,1-4H3,(H,17,18). The lowest BCUT2D eigenvalue weighted by Gasteiger charge is -2.15. The smallest absolute Gasteiger partial charge is 0.225 e. The molecule has 0 aliphatic carbocycles. The Hall–Kier alpha value is -1.36. The third kappa shape index (κ3) is 5.33. The number of anilines is 2. The van der Waals surface area contributed by atoms with E-state index in [2.05, 4.69) is 26.1 Å². The molecule has 0 radical (unpaired) electrons. The summed E-state index contributed by atoms with van der Waals surface area (Å²) in [7, 11) is 1.56. The van der Waals surface area contributed by atoms with E-state index in [0.717, 1.165) is 5.75 Å². The molecule has 1 aromatic carbocycles. The van der Waals surface area contributed by atoms with Crippen LogP contribution >= 0.6 is 11.8 Å². The molecular weight excluding hydrogens is 272 g/mol. The summed E-state index contributed by atoms with van der Waals surface area (Å²) in [5.41, 5.74) is 6.95. The maximum absolute atomic E-state index is 11.9. The lowest BCUT2D eigenvalue weighted by Crippen LogP contribution is -2.14. The first kappa shape index (κ1) is 16.7. The summed E-state index contributed by atoms with van der Waals surface area (Å²) in [5, 5.41) is 3.42. The van der Waals surface area contributed by atoms with E-state index in [1.807, 2.05) is 11.8 Å². The maximum Gasteiger partial charge on any atom is 0.225 e. The lowest BCUT2D eigenvalue weighted by molar-refractivity contribution is -0.115. The second kappa shape index (κ2) is 8.04. The molecule has 20 heavy (non-hydrogen) atoms. The van der Waals surface area contributed by atoms with Crippen molar-refractivity contribution in [3.05, 3.63) is 18.2 Å². The number of rotatable bonds is 7. The van der Waals surface area contributed by atoms with Crippen molar-refractivity contribution >= 4 is 29.0 Å². The Morgan fingerprint density at radius 2 is 2.10 bits per heavy atom. The van der Waals surface area contributed by atoms with Gasteiger partial charge in [-0.1, -0.05) is 20.8 Å². The number of benzene rings is 1. The predicted octanol–water partition coefficient (Wildman–Crippen LogP) is 3.38. The molecule has 0 spiro atoms. The molecule has 1 atom stereocenters. The minimum Gasteiger partial charge on any atom is -0.494 e. The summed E-state index contributed by atoms with van der Waals surface area (Å²) in [6, 6.07) is 5.20. The summed E-state index contributed by atoms with van der Waals surface area (Å²) < 4.78 is 5.20. The molecule has 3 N–H and O–H groups in total. The van der Waals surface area contributed by atoms with Crippen molar-refractivity contribution in [1.82, 2.24) is 0 Å². The third-order valence-electron chi connectivity index (χ3n) is 3.15. The molecule has 4 nitrogen and oxygen atoms in total. The van der Waals surface area contributed by atoms with Crippen LogP contribution in [-0.2, 0) is 4.79 Å². The molecule has 5 heteroatoms. The second-order valence-corrected chi connectivity index (χ2v) is 6.56. The molecule has 0 aliphatic rings. The van der Waals surface area contributed by atoms with Gasteiger partial charge in [0.15, 0.2) is 0 Å². The van der Waals surface area contributed by atoms with Gasteiger partial charge in [0, 0.05) is 29.2 Å². The summed E-state index contributed by atoms with van der Waals surface area (Å²) in [6.07, 6.45) is 0.495. The summed E-state index contributed by atoms with van der Waals surface area (Å²) in [4.78, 5) is 11.9. The van der Waals surface area contributed by atoms with E-state index in [1.54, 1.807) is 25.3 Å². The molecular formula is C15H24N2O2S. The van der Waals surface area contributed by atoms with Gasteiger partial charge in [-0.05, 0) is 18.1 Å². The summed E-state index contributed by atoms with van der Waals surface area (Å²) >= 11 is 1.82.